The van der Waals surface area contributed by atoms with Crippen molar-refractivity contribution in [3.63, 3.8) is 0 Å². The molecule has 5 heteroatoms. The summed E-state index contributed by atoms with van der Waals surface area (Å²) >= 11 is 1.86. The lowest BCUT2D eigenvalue weighted by molar-refractivity contribution is 1.07. The zero-order chi connectivity index (χ0) is 32.3. The van der Waals surface area contributed by atoms with Crippen LogP contribution in [0.3, 0.4) is 0 Å². The number of pyridine rings is 1. The Kier molecular flexibility index (Phi) is 6.32. The zero-order valence-corrected chi connectivity index (χ0v) is 27.0. The van der Waals surface area contributed by atoms with E-state index in [1.165, 1.54) is 52.5 Å². The standard InChI is InChI=1S/C44H26N4S/c1-2-9-28(10-3-1)42-46-43(29-18-16-27(17-19-29)31-11-8-22-45-26-31)48-44(47-42)30-20-21-34-36(23-30)32-12-4-5-13-33(32)38-25-41-39(24-37(34)38)35-14-6-7-15-40(35)49-41/h1-26H. The van der Waals surface area contributed by atoms with Crippen molar-refractivity contribution < 1.29 is 0 Å². The summed E-state index contributed by atoms with van der Waals surface area (Å²) in [5, 5.41) is 10.0. The van der Waals surface area contributed by atoms with E-state index in [-0.39, 0.29) is 0 Å². The minimum absolute atomic E-state index is 0.636. The highest BCUT2D eigenvalue weighted by atomic mass is 32.1. The summed E-state index contributed by atoms with van der Waals surface area (Å²) in [6.45, 7) is 0. The Labute approximate surface area is 286 Å². The highest BCUT2D eigenvalue weighted by Gasteiger charge is 2.16. The number of hydrogen-bond donors (Lipinski definition) is 0. The second-order valence-corrected chi connectivity index (χ2v) is 13.4. The van der Waals surface area contributed by atoms with Gasteiger partial charge in [0.25, 0.3) is 0 Å². The largest absolute Gasteiger partial charge is 0.264 e. The topological polar surface area (TPSA) is 51.6 Å². The van der Waals surface area contributed by atoms with Gasteiger partial charge in [-0.05, 0) is 73.8 Å². The van der Waals surface area contributed by atoms with Crippen LogP contribution in [-0.2, 0) is 0 Å². The Hall–Kier alpha value is -6.30. The molecule has 0 aliphatic heterocycles. The summed E-state index contributed by atoms with van der Waals surface area (Å²) in [5.74, 6) is 1.93. The van der Waals surface area contributed by atoms with Gasteiger partial charge < -0.3 is 0 Å². The van der Waals surface area contributed by atoms with E-state index in [1.807, 2.05) is 53.9 Å². The molecule has 0 bridgehead atoms. The first-order chi connectivity index (χ1) is 24.3. The van der Waals surface area contributed by atoms with Crippen molar-refractivity contribution in [2.24, 2.45) is 0 Å². The molecule has 0 radical (unpaired) electrons. The maximum absolute atomic E-state index is 5.09. The Morgan fingerprint density at radius 1 is 0.327 bits per heavy atom. The van der Waals surface area contributed by atoms with Crippen LogP contribution in [-0.4, -0.2) is 19.9 Å². The average molecular weight is 643 g/mol. The molecule has 49 heavy (non-hydrogen) atoms. The second-order valence-electron chi connectivity index (χ2n) is 12.3. The van der Waals surface area contributed by atoms with Crippen molar-refractivity contribution in [1.82, 2.24) is 19.9 Å². The van der Waals surface area contributed by atoms with Crippen molar-refractivity contribution in [2.75, 3.05) is 0 Å². The smallest absolute Gasteiger partial charge is 0.164 e. The van der Waals surface area contributed by atoms with Gasteiger partial charge in [-0.2, -0.15) is 0 Å². The van der Waals surface area contributed by atoms with Gasteiger partial charge >= 0.3 is 0 Å². The number of nitrogens with zero attached hydrogens (tertiary/aromatic N) is 4. The Balaban J connectivity index is 1.18. The lowest BCUT2D eigenvalue weighted by atomic mass is 9.92. The van der Waals surface area contributed by atoms with E-state index in [0.29, 0.717) is 17.5 Å². The average Bonchev–Trinajstić information content (AvgIpc) is 3.55. The van der Waals surface area contributed by atoms with Gasteiger partial charge in [-0.15, -0.1) is 11.3 Å². The van der Waals surface area contributed by atoms with E-state index in [2.05, 4.69) is 114 Å². The van der Waals surface area contributed by atoms with Crippen LogP contribution >= 0.6 is 11.3 Å². The van der Waals surface area contributed by atoms with Gasteiger partial charge in [0.15, 0.2) is 17.5 Å². The van der Waals surface area contributed by atoms with Gasteiger partial charge in [-0.3, -0.25) is 4.98 Å². The summed E-state index contributed by atoms with van der Waals surface area (Å²) < 4.78 is 2.63. The summed E-state index contributed by atoms with van der Waals surface area (Å²) in [5.41, 5.74) is 4.99. The fourth-order valence-electron chi connectivity index (χ4n) is 7.01. The summed E-state index contributed by atoms with van der Waals surface area (Å²) in [6, 6.07) is 51.4. The van der Waals surface area contributed by atoms with E-state index in [0.717, 1.165) is 27.8 Å². The highest BCUT2D eigenvalue weighted by molar-refractivity contribution is 7.25. The molecular formula is C44H26N4S. The van der Waals surface area contributed by atoms with E-state index >= 15 is 0 Å². The van der Waals surface area contributed by atoms with Crippen LogP contribution in [0.4, 0.5) is 0 Å². The number of rotatable bonds is 4. The summed E-state index contributed by atoms with van der Waals surface area (Å²) in [4.78, 5) is 19.4. The fourth-order valence-corrected chi connectivity index (χ4v) is 8.13. The first kappa shape index (κ1) is 27.8. The third kappa shape index (κ3) is 4.66. The number of aromatic nitrogens is 4. The Morgan fingerprint density at radius 3 is 1.61 bits per heavy atom. The van der Waals surface area contributed by atoms with Crippen molar-refractivity contribution in [2.45, 2.75) is 0 Å². The van der Waals surface area contributed by atoms with Crippen LogP contribution < -0.4 is 0 Å². The molecule has 0 amide bonds. The predicted molar refractivity (Wildman–Crippen MR) is 205 cm³/mol. The van der Waals surface area contributed by atoms with Crippen LogP contribution in [0, 0.1) is 0 Å². The lowest BCUT2D eigenvalue weighted by Crippen LogP contribution is -2.00. The third-order valence-corrected chi connectivity index (χ3v) is 10.5. The molecule has 3 heterocycles. The van der Waals surface area contributed by atoms with Crippen molar-refractivity contribution in [1.29, 1.82) is 0 Å². The van der Waals surface area contributed by atoms with Crippen LogP contribution in [0.25, 0.3) is 97.8 Å². The first-order valence-corrected chi connectivity index (χ1v) is 17.1. The molecule has 0 unspecified atom stereocenters. The predicted octanol–water partition coefficient (Wildman–Crippen LogP) is 11.8. The molecule has 0 aliphatic rings. The highest BCUT2D eigenvalue weighted by Crippen LogP contribution is 2.42. The number of benzene rings is 7. The first-order valence-electron chi connectivity index (χ1n) is 16.3. The molecular weight excluding hydrogens is 617 g/mol. The van der Waals surface area contributed by atoms with Gasteiger partial charge in [0.1, 0.15) is 0 Å². The van der Waals surface area contributed by atoms with Crippen molar-refractivity contribution in [3.8, 4) is 45.3 Å². The minimum Gasteiger partial charge on any atom is -0.264 e. The van der Waals surface area contributed by atoms with E-state index in [4.69, 9.17) is 15.0 Å². The van der Waals surface area contributed by atoms with E-state index in [9.17, 15) is 0 Å². The zero-order valence-electron chi connectivity index (χ0n) is 26.2. The van der Waals surface area contributed by atoms with Gasteiger partial charge in [-0.1, -0.05) is 115 Å². The molecule has 0 saturated heterocycles. The summed E-state index contributed by atoms with van der Waals surface area (Å²) in [7, 11) is 0. The Morgan fingerprint density at radius 2 is 0.878 bits per heavy atom. The quantitative estimate of drug-likeness (QED) is 0.179. The van der Waals surface area contributed by atoms with Gasteiger partial charge in [-0.25, -0.2) is 15.0 Å². The van der Waals surface area contributed by atoms with Gasteiger partial charge in [0, 0.05) is 49.3 Å². The number of hydrogen-bond acceptors (Lipinski definition) is 5. The molecule has 10 aromatic rings. The van der Waals surface area contributed by atoms with E-state index in [1.54, 1.807) is 6.20 Å². The van der Waals surface area contributed by atoms with Crippen LogP contribution in [0.1, 0.15) is 0 Å². The molecule has 3 aromatic heterocycles. The lowest BCUT2D eigenvalue weighted by Gasteiger charge is -2.13. The number of thiophene rings is 1. The third-order valence-electron chi connectivity index (χ3n) is 9.40. The molecule has 7 aromatic carbocycles. The monoisotopic (exact) mass is 642 g/mol. The van der Waals surface area contributed by atoms with E-state index < -0.39 is 0 Å². The SMILES string of the molecule is c1ccc(-c2nc(-c3ccc(-c4cccnc4)cc3)nc(-c3ccc4c(c3)c3ccccc3c3cc5sc6ccccc6c5cc43)n2)cc1. The fraction of sp³-hybridized carbons (Fsp3) is 0. The van der Waals surface area contributed by atoms with Gasteiger partial charge in [0.05, 0.1) is 0 Å². The molecule has 0 spiro atoms. The van der Waals surface area contributed by atoms with Gasteiger partial charge in [0.2, 0.25) is 0 Å². The molecule has 0 saturated carbocycles. The maximum atomic E-state index is 5.09. The molecule has 10 rings (SSSR count). The van der Waals surface area contributed by atoms with Crippen LogP contribution in [0.15, 0.2) is 158 Å². The molecule has 0 fully saturated rings. The molecule has 4 nitrogen and oxygen atoms in total. The summed E-state index contributed by atoms with van der Waals surface area (Å²) in [6.07, 6.45) is 3.67. The van der Waals surface area contributed by atoms with Crippen LogP contribution in [0.2, 0.25) is 0 Å². The number of fused-ring (bicyclic) bond motifs is 9. The molecule has 0 aliphatic carbocycles. The minimum atomic E-state index is 0.636. The second kappa shape index (κ2) is 11.2. The van der Waals surface area contributed by atoms with Crippen molar-refractivity contribution >= 4 is 63.8 Å². The van der Waals surface area contributed by atoms with Crippen LogP contribution in [0.5, 0.6) is 0 Å². The van der Waals surface area contributed by atoms with Crippen molar-refractivity contribution in [3.05, 3.63) is 158 Å². The Bertz CT molecular complexity index is 2860. The molecule has 0 atom stereocenters. The molecule has 0 N–H and O–H groups in total. The maximum Gasteiger partial charge on any atom is 0.164 e. The normalized spacial score (nSPS) is 11.7. The molecule has 228 valence electrons.